The van der Waals surface area contributed by atoms with Gasteiger partial charge in [-0.3, -0.25) is 10.1 Å². The molecule has 1 aromatic heterocycles. The van der Waals surface area contributed by atoms with Gasteiger partial charge in [-0.2, -0.15) is 4.31 Å². The molecule has 118 valence electrons. The Morgan fingerprint density at radius 1 is 1.48 bits per heavy atom. The molecule has 1 aromatic rings. The van der Waals surface area contributed by atoms with Gasteiger partial charge in [0.1, 0.15) is 4.21 Å². The van der Waals surface area contributed by atoms with Crippen LogP contribution in [-0.4, -0.2) is 30.7 Å². The molecule has 1 aliphatic rings. The van der Waals surface area contributed by atoms with E-state index in [1.807, 2.05) is 0 Å². The van der Waals surface area contributed by atoms with Crippen LogP contribution >= 0.6 is 11.3 Å². The summed E-state index contributed by atoms with van der Waals surface area (Å²) >= 11 is 0.758. The van der Waals surface area contributed by atoms with Gasteiger partial charge in [-0.15, -0.1) is 0 Å². The lowest BCUT2D eigenvalue weighted by atomic mass is 9.82. The average Bonchev–Trinajstić information content (AvgIpc) is 3.03. The summed E-state index contributed by atoms with van der Waals surface area (Å²) in [7, 11) is -3.70. The normalized spacial score (nSPS) is 19.0. The molecule has 7 nitrogen and oxygen atoms in total. The van der Waals surface area contributed by atoms with Crippen LogP contribution in [0.2, 0.25) is 0 Å². The van der Waals surface area contributed by atoms with Gasteiger partial charge in [0.2, 0.25) is 0 Å². The van der Waals surface area contributed by atoms with E-state index in [1.54, 1.807) is 0 Å². The van der Waals surface area contributed by atoms with Gasteiger partial charge in [-0.05, 0) is 24.7 Å². The summed E-state index contributed by atoms with van der Waals surface area (Å²) in [5.74, 6) is 0. The van der Waals surface area contributed by atoms with E-state index in [0.29, 0.717) is 13.1 Å². The van der Waals surface area contributed by atoms with Crippen LogP contribution in [-0.2, 0) is 10.0 Å². The Hall–Kier alpha value is -1.19. The lowest BCUT2D eigenvalue weighted by Gasteiger charge is -2.25. The number of anilines is 1. The van der Waals surface area contributed by atoms with E-state index in [9.17, 15) is 18.5 Å². The summed E-state index contributed by atoms with van der Waals surface area (Å²) in [5, 5.41) is 10.7. The highest BCUT2D eigenvalue weighted by Crippen LogP contribution is 2.42. The molecule has 21 heavy (non-hydrogen) atoms. The van der Waals surface area contributed by atoms with Crippen molar-refractivity contribution in [2.24, 2.45) is 5.41 Å². The van der Waals surface area contributed by atoms with E-state index >= 15 is 0 Å². The van der Waals surface area contributed by atoms with Crippen molar-refractivity contribution in [2.45, 2.75) is 37.3 Å². The zero-order chi connectivity index (χ0) is 15.8. The molecular weight excluding hydrogens is 314 g/mol. The molecule has 1 aliphatic heterocycles. The Kier molecular flexibility index (Phi) is 4.27. The van der Waals surface area contributed by atoms with Crippen molar-refractivity contribution in [3.8, 4) is 0 Å². The molecule has 0 saturated carbocycles. The van der Waals surface area contributed by atoms with E-state index in [1.165, 1.54) is 4.31 Å². The first kappa shape index (κ1) is 16.2. The summed E-state index contributed by atoms with van der Waals surface area (Å²) in [5.41, 5.74) is 5.21. The van der Waals surface area contributed by atoms with Crippen LogP contribution < -0.4 is 5.73 Å². The lowest BCUT2D eigenvalue weighted by molar-refractivity contribution is -0.383. The summed E-state index contributed by atoms with van der Waals surface area (Å²) in [6.45, 7) is 5.05. The first-order valence-electron chi connectivity index (χ1n) is 6.79. The minimum Gasteiger partial charge on any atom is -0.385 e. The molecule has 1 fully saturated rings. The molecule has 0 bridgehead atoms. The first-order valence-corrected chi connectivity index (χ1v) is 9.05. The maximum Gasteiger partial charge on any atom is 0.304 e. The second-order valence-electron chi connectivity index (χ2n) is 5.37. The van der Waals surface area contributed by atoms with Gasteiger partial charge >= 0.3 is 5.69 Å². The summed E-state index contributed by atoms with van der Waals surface area (Å²) in [4.78, 5) is 10.1. The number of rotatable bonds is 5. The molecule has 0 aromatic carbocycles. The van der Waals surface area contributed by atoms with Crippen LogP contribution in [0, 0.1) is 15.5 Å². The Morgan fingerprint density at radius 2 is 2.10 bits per heavy atom. The SMILES string of the molecule is CCC1(CC)CCN(S(=O)(=O)c2cc([N+](=O)[O-])c(N)s2)C1. The quantitative estimate of drug-likeness (QED) is 0.658. The molecule has 0 atom stereocenters. The van der Waals surface area contributed by atoms with Crippen molar-refractivity contribution < 1.29 is 13.3 Å². The van der Waals surface area contributed by atoms with Crippen molar-refractivity contribution in [1.29, 1.82) is 0 Å². The van der Waals surface area contributed by atoms with Crippen LogP contribution in [0.3, 0.4) is 0 Å². The second-order valence-corrected chi connectivity index (χ2v) is 8.62. The maximum absolute atomic E-state index is 12.6. The number of hydrogen-bond acceptors (Lipinski definition) is 6. The van der Waals surface area contributed by atoms with E-state index in [2.05, 4.69) is 13.8 Å². The Balaban J connectivity index is 2.32. The Bertz CT molecular complexity index is 649. The van der Waals surface area contributed by atoms with Gasteiger partial charge in [-0.25, -0.2) is 8.42 Å². The van der Waals surface area contributed by atoms with Crippen LogP contribution in [0.15, 0.2) is 10.3 Å². The van der Waals surface area contributed by atoms with Crippen molar-refractivity contribution in [1.82, 2.24) is 4.31 Å². The van der Waals surface area contributed by atoms with Crippen LogP contribution in [0.4, 0.5) is 10.7 Å². The highest BCUT2D eigenvalue weighted by molar-refractivity contribution is 7.91. The lowest BCUT2D eigenvalue weighted by Crippen LogP contribution is -2.31. The van der Waals surface area contributed by atoms with Gasteiger partial charge in [0.05, 0.1) is 4.92 Å². The average molecular weight is 333 g/mol. The first-order chi connectivity index (χ1) is 9.75. The summed E-state index contributed by atoms with van der Waals surface area (Å²) < 4.78 is 26.6. The third-order valence-corrected chi connectivity index (χ3v) is 7.66. The number of thiophene rings is 1. The van der Waals surface area contributed by atoms with Crippen molar-refractivity contribution >= 4 is 32.0 Å². The standard InChI is InChI=1S/C12H19N3O4S2/c1-3-12(4-2)5-6-14(8-12)21(18,19)10-7-9(15(16)17)11(13)20-10/h7H,3-6,8,13H2,1-2H3. The van der Waals surface area contributed by atoms with E-state index in [-0.39, 0.29) is 20.3 Å². The predicted molar refractivity (Wildman–Crippen MR) is 81.8 cm³/mol. The molecule has 0 amide bonds. The van der Waals surface area contributed by atoms with Crippen molar-refractivity contribution in [2.75, 3.05) is 18.8 Å². The molecule has 0 unspecified atom stereocenters. The van der Waals surface area contributed by atoms with E-state index < -0.39 is 14.9 Å². The minimum absolute atomic E-state index is 0.0157. The smallest absolute Gasteiger partial charge is 0.304 e. The van der Waals surface area contributed by atoms with Gasteiger partial charge in [0.25, 0.3) is 10.0 Å². The summed E-state index contributed by atoms with van der Waals surface area (Å²) in [6.07, 6.45) is 2.66. The molecule has 1 saturated heterocycles. The van der Waals surface area contributed by atoms with Gasteiger partial charge < -0.3 is 5.73 Å². The number of nitrogen functional groups attached to an aromatic ring is 1. The van der Waals surface area contributed by atoms with Crippen molar-refractivity contribution in [3.63, 3.8) is 0 Å². The molecule has 2 rings (SSSR count). The number of sulfonamides is 1. The zero-order valence-corrected chi connectivity index (χ0v) is 13.7. The fourth-order valence-corrected chi connectivity index (χ4v) is 5.62. The second kappa shape index (κ2) is 5.54. The van der Waals surface area contributed by atoms with Crippen LogP contribution in [0.25, 0.3) is 0 Å². The molecule has 0 aliphatic carbocycles. The fourth-order valence-electron chi connectivity index (χ4n) is 2.70. The molecule has 2 N–H and O–H groups in total. The highest BCUT2D eigenvalue weighted by Gasteiger charge is 2.41. The monoisotopic (exact) mass is 333 g/mol. The Morgan fingerprint density at radius 3 is 2.52 bits per heavy atom. The van der Waals surface area contributed by atoms with Crippen LogP contribution in [0.5, 0.6) is 0 Å². The largest absolute Gasteiger partial charge is 0.385 e. The Labute approximate surface area is 127 Å². The topological polar surface area (TPSA) is 107 Å². The number of nitrogens with two attached hydrogens (primary N) is 1. The zero-order valence-electron chi connectivity index (χ0n) is 12.0. The number of nitro groups is 1. The van der Waals surface area contributed by atoms with Gasteiger partial charge in [-0.1, -0.05) is 25.2 Å². The fraction of sp³-hybridized carbons (Fsp3) is 0.667. The van der Waals surface area contributed by atoms with Gasteiger partial charge in [0.15, 0.2) is 5.00 Å². The number of hydrogen-bond donors (Lipinski definition) is 1. The third kappa shape index (κ3) is 2.77. The highest BCUT2D eigenvalue weighted by atomic mass is 32.2. The maximum atomic E-state index is 12.6. The third-order valence-electron chi connectivity index (χ3n) is 4.41. The molecule has 9 heteroatoms. The summed E-state index contributed by atoms with van der Waals surface area (Å²) in [6, 6.07) is 1.06. The van der Waals surface area contributed by atoms with Crippen molar-refractivity contribution in [3.05, 3.63) is 16.2 Å². The van der Waals surface area contributed by atoms with Crippen LogP contribution in [0.1, 0.15) is 33.1 Å². The predicted octanol–water partition coefficient (Wildman–Crippen LogP) is 2.44. The van der Waals surface area contributed by atoms with Gasteiger partial charge in [0, 0.05) is 19.2 Å². The molecule has 2 heterocycles. The number of nitrogens with zero attached hydrogens (tertiary/aromatic N) is 2. The molecule has 0 spiro atoms. The molecule has 0 radical (unpaired) electrons. The van der Waals surface area contributed by atoms with E-state index in [4.69, 9.17) is 5.73 Å². The van der Waals surface area contributed by atoms with E-state index in [0.717, 1.165) is 36.7 Å². The minimum atomic E-state index is -3.70. The molecular formula is C12H19N3O4S2.